The predicted molar refractivity (Wildman–Crippen MR) is 28.7 cm³/mol. The Balaban J connectivity index is 3.22. The lowest BCUT2D eigenvalue weighted by Crippen LogP contribution is -2.24. The molecule has 0 bridgehead atoms. The number of rotatable bonds is 0. The van der Waals surface area contributed by atoms with E-state index in [4.69, 9.17) is 5.73 Å². The van der Waals surface area contributed by atoms with Gasteiger partial charge >= 0.3 is 0 Å². The SMILES string of the molecule is NN=C(N)NP. The third-order valence-corrected chi connectivity index (χ3v) is 0.583. The van der Waals surface area contributed by atoms with Gasteiger partial charge < -0.3 is 16.7 Å². The molecule has 36 valence electrons. The van der Waals surface area contributed by atoms with Gasteiger partial charge in [0, 0.05) is 0 Å². The van der Waals surface area contributed by atoms with Crippen LogP contribution in [0, 0.1) is 0 Å². The van der Waals surface area contributed by atoms with Gasteiger partial charge in [-0.15, -0.1) is 5.10 Å². The highest BCUT2D eigenvalue weighted by Gasteiger charge is 1.72. The smallest absolute Gasteiger partial charge is 0.213 e. The van der Waals surface area contributed by atoms with Crippen molar-refractivity contribution in [3.63, 3.8) is 0 Å². The van der Waals surface area contributed by atoms with E-state index < -0.39 is 0 Å². The molecule has 0 spiro atoms. The van der Waals surface area contributed by atoms with Gasteiger partial charge in [-0.2, -0.15) is 0 Å². The molecule has 0 amide bonds. The van der Waals surface area contributed by atoms with Gasteiger partial charge in [0.15, 0.2) is 0 Å². The minimum Gasteiger partial charge on any atom is -0.368 e. The summed E-state index contributed by atoms with van der Waals surface area (Å²) in [6, 6.07) is 0. The van der Waals surface area contributed by atoms with Crippen LogP contribution in [0.4, 0.5) is 0 Å². The van der Waals surface area contributed by atoms with Crippen molar-refractivity contribution in [3.8, 4) is 0 Å². The summed E-state index contributed by atoms with van der Waals surface area (Å²) >= 11 is 0. The fourth-order valence-electron chi connectivity index (χ4n) is 0.0373. The third kappa shape index (κ3) is 1.79. The largest absolute Gasteiger partial charge is 0.368 e. The summed E-state index contributed by atoms with van der Waals surface area (Å²) in [4.78, 5) is 0. The molecule has 0 saturated heterocycles. The van der Waals surface area contributed by atoms with E-state index in [-0.39, 0.29) is 5.96 Å². The molecule has 0 aliphatic heterocycles. The molecule has 1 unspecified atom stereocenters. The summed E-state index contributed by atoms with van der Waals surface area (Å²) in [6.07, 6.45) is 0. The molecule has 0 aromatic rings. The maximum absolute atomic E-state index is 4.97. The zero-order chi connectivity index (χ0) is 4.99. The van der Waals surface area contributed by atoms with Crippen molar-refractivity contribution in [2.24, 2.45) is 16.7 Å². The van der Waals surface area contributed by atoms with Crippen LogP contribution < -0.4 is 16.7 Å². The molecule has 0 aromatic heterocycles. The van der Waals surface area contributed by atoms with Crippen molar-refractivity contribution in [2.75, 3.05) is 0 Å². The van der Waals surface area contributed by atoms with Crippen LogP contribution in [0.3, 0.4) is 0 Å². The van der Waals surface area contributed by atoms with Crippen LogP contribution in [-0.2, 0) is 0 Å². The molecule has 5 heteroatoms. The highest BCUT2D eigenvalue weighted by atomic mass is 31.0. The number of nitrogens with two attached hydrogens (primary N) is 2. The third-order valence-electron chi connectivity index (χ3n) is 0.287. The van der Waals surface area contributed by atoms with E-state index in [0.717, 1.165) is 0 Å². The summed E-state index contributed by atoms with van der Waals surface area (Å²) in [5.41, 5.74) is 4.97. The van der Waals surface area contributed by atoms with E-state index in [1.165, 1.54) is 0 Å². The second kappa shape index (κ2) is 2.72. The minimum atomic E-state index is 0.208. The standard InChI is InChI=1S/CH7N4P/c2-1(4-3)5-6/h3,6H2,(H3,2,4,5). The summed E-state index contributed by atoms with van der Waals surface area (Å²) in [6.45, 7) is 0. The van der Waals surface area contributed by atoms with Crippen LogP contribution in [0.25, 0.3) is 0 Å². The first kappa shape index (κ1) is 5.50. The van der Waals surface area contributed by atoms with E-state index in [1.54, 1.807) is 0 Å². The normalized spacial score (nSPS) is 11.2. The zero-order valence-corrected chi connectivity index (χ0v) is 4.33. The molecular formula is CH7N4P. The molecule has 0 saturated carbocycles. The summed E-state index contributed by atoms with van der Waals surface area (Å²) in [7, 11) is 2.15. The van der Waals surface area contributed by atoms with Crippen LogP contribution in [0.1, 0.15) is 0 Å². The van der Waals surface area contributed by atoms with Gasteiger partial charge in [-0.1, -0.05) is 0 Å². The van der Waals surface area contributed by atoms with Crippen LogP contribution in [-0.4, -0.2) is 5.96 Å². The topological polar surface area (TPSA) is 76.4 Å². The summed E-state index contributed by atoms with van der Waals surface area (Å²) in [5, 5.41) is 5.50. The average molecular weight is 106 g/mol. The Kier molecular flexibility index (Phi) is 2.50. The number of guanidine groups is 1. The van der Waals surface area contributed by atoms with Gasteiger partial charge in [0.1, 0.15) is 0 Å². The first-order valence-corrected chi connectivity index (χ1v) is 1.89. The molecule has 5 N–H and O–H groups in total. The first-order chi connectivity index (χ1) is 2.81. The van der Waals surface area contributed by atoms with Crippen LogP contribution in [0.2, 0.25) is 0 Å². The van der Waals surface area contributed by atoms with Crippen molar-refractivity contribution >= 4 is 15.4 Å². The van der Waals surface area contributed by atoms with Gasteiger partial charge in [-0.05, 0) is 9.39 Å². The van der Waals surface area contributed by atoms with Crippen LogP contribution in [0.5, 0.6) is 0 Å². The highest BCUT2D eigenvalue weighted by Crippen LogP contribution is 1.61. The maximum atomic E-state index is 4.97. The van der Waals surface area contributed by atoms with E-state index in [2.05, 4.69) is 25.4 Å². The highest BCUT2D eigenvalue weighted by molar-refractivity contribution is 7.15. The molecule has 0 aliphatic carbocycles. The van der Waals surface area contributed by atoms with Gasteiger partial charge in [0.2, 0.25) is 5.96 Å². The summed E-state index contributed by atoms with van der Waals surface area (Å²) in [5.74, 6) is 4.88. The molecule has 0 fully saturated rings. The Labute approximate surface area is 38.2 Å². The Morgan fingerprint density at radius 1 is 1.83 bits per heavy atom. The molecule has 0 rings (SSSR count). The van der Waals surface area contributed by atoms with Crippen LogP contribution >= 0.6 is 9.39 Å². The average Bonchev–Trinajstić information content (AvgIpc) is 1.65. The molecule has 6 heavy (non-hydrogen) atoms. The van der Waals surface area contributed by atoms with Gasteiger partial charge in [-0.25, -0.2) is 0 Å². The van der Waals surface area contributed by atoms with E-state index in [9.17, 15) is 0 Å². The fourth-order valence-corrected chi connectivity index (χ4v) is 0.112. The number of hydrogen-bond donors (Lipinski definition) is 3. The Morgan fingerprint density at radius 3 is 2.33 bits per heavy atom. The first-order valence-electron chi connectivity index (χ1n) is 1.31. The second-order valence-corrected chi connectivity index (χ2v) is 0.947. The van der Waals surface area contributed by atoms with Crippen LogP contribution in [0.15, 0.2) is 5.10 Å². The van der Waals surface area contributed by atoms with E-state index in [0.29, 0.717) is 0 Å². The molecule has 1 atom stereocenters. The number of hydrogen-bond acceptors (Lipinski definition) is 2. The van der Waals surface area contributed by atoms with Gasteiger partial charge in [-0.3, -0.25) is 0 Å². The number of hydrazone groups is 1. The molecule has 4 nitrogen and oxygen atoms in total. The lowest BCUT2D eigenvalue weighted by atomic mass is 11.1. The molecular weight excluding hydrogens is 99.0 g/mol. The van der Waals surface area contributed by atoms with E-state index >= 15 is 0 Å². The molecule has 0 radical (unpaired) electrons. The Hall–Kier alpha value is -0.500. The van der Waals surface area contributed by atoms with Crippen molar-refractivity contribution < 1.29 is 0 Å². The fraction of sp³-hybridized carbons (Fsp3) is 0. The maximum Gasteiger partial charge on any atom is 0.213 e. The van der Waals surface area contributed by atoms with Crippen molar-refractivity contribution in [3.05, 3.63) is 0 Å². The number of nitrogens with one attached hydrogen (secondary N) is 1. The predicted octanol–water partition coefficient (Wildman–Crippen LogP) is -1.45. The number of nitrogens with zero attached hydrogens (tertiary/aromatic N) is 1. The lowest BCUT2D eigenvalue weighted by Gasteiger charge is -1.89. The lowest BCUT2D eigenvalue weighted by molar-refractivity contribution is 1.19. The van der Waals surface area contributed by atoms with E-state index in [1.807, 2.05) is 0 Å². The Bertz CT molecular complexity index is 58.6. The molecule has 0 heterocycles. The van der Waals surface area contributed by atoms with Crippen molar-refractivity contribution in [2.45, 2.75) is 0 Å². The molecule has 0 aliphatic rings. The van der Waals surface area contributed by atoms with Gasteiger partial charge in [0.05, 0.1) is 0 Å². The monoisotopic (exact) mass is 106 g/mol. The summed E-state index contributed by atoms with van der Waals surface area (Å²) < 4.78 is 0. The van der Waals surface area contributed by atoms with Crippen molar-refractivity contribution in [1.82, 2.24) is 5.09 Å². The quantitative estimate of drug-likeness (QED) is 0.116. The zero-order valence-electron chi connectivity index (χ0n) is 3.18. The minimum absolute atomic E-state index is 0.208. The van der Waals surface area contributed by atoms with Gasteiger partial charge in [0.25, 0.3) is 0 Å². The van der Waals surface area contributed by atoms with Crippen molar-refractivity contribution in [1.29, 1.82) is 0 Å². The molecule has 0 aromatic carbocycles. The second-order valence-electron chi connectivity index (χ2n) is 0.659. The Morgan fingerprint density at radius 2 is 2.33 bits per heavy atom.